The van der Waals surface area contributed by atoms with Crippen molar-refractivity contribution in [2.75, 3.05) is 18.8 Å². The number of aliphatic hydroxyl groups excluding tert-OH is 1. The number of thioether (sulfide) groups is 1. The van der Waals surface area contributed by atoms with Crippen LogP contribution in [0.3, 0.4) is 0 Å². The van der Waals surface area contributed by atoms with E-state index in [-0.39, 0.29) is 24.7 Å². The first kappa shape index (κ1) is 19.9. The minimum Gasteiger partial charge on any atom is -0.390 e. The summed E-state index contributed by atoms with van der Waals surface area (Å²) in [4.78, 5) is 18.9. The minimum atomic E-state index is -0.0775. The predicted molar refractivity (Wildman–Crippen MR) is 106 cm³/mol. The first-order valence-electron chi connectivity index (χ1n) is 9.23. The van der Waals surface area contributed by atoms with Gasteiger partial charge < -0.3 is 19.3 Å². The molecule has 2 atom stereocenters. The van der Waals surface area contributed by atoms with Crippen LogP contribution >= 0.6 is 11.8 Å². The summed E-state index contributed by atoms with van der Waals surface area (Å²) < 4.78 is 7.68. The fraction of sp³-hybridized carbons (Fsp3) is 0.500. The van der Waals surface area contributed by atoms with E-state index < -0.39 is 0 Å². The minimum absolute atomic E-state index is 0.0622. The largest absolute Gasteiger partial charge is 0.390 e. The van der Waals surface area contributed by atoms with Crippen LogP contribution in [-0.4, -0.2) is 56.5 Å². The number of aryl methyl sites for hydroxylation is 1. The molecule has 1 aromatic carbocycles. The Labute approximate surface area is 164 Å². The molecule has 0 aliphatic carbocycles. The summed E-state index contributed by atoms with van der Waals surface area (Å²) in [7, 11) is 0. The third-order valence-electron chi connectivity index (χ3n) is 4.62. The van der Waals surface area contributed by atoms with Gasteiger partial charge in [0.1, 0.15) is 0 Å². The molecule has 1 saturated heterocycles. The molecule has 6 nitrogen and oxygen atoms in total. The van der Waals surface area contributed by atoms with Gasteiger partial charge in [0.2, 0.25) is 5.91 Å². The van der Waals surface area contributed by atoms with Crippen molar-refractivity contribution in [3.05, 3.63) is 47.3 Å². The van der Waals surface area contributed by atoms with Crippen LogP contribution in [0.15, 0.2) is 35.6 Å². The fourth-order valence-corrected chi connectivity index (χ4v) is 4.18. The van der Waals surface area contributed by atoms with E-state index in [1.165, 1.54) is 17.3 Å². The number of rotatable bonds is 6. The first-order chi connectivity index (χ1) is 13.0. The van der Waals surface area contributed by atoms with Gasteiger partial charge in [-0.05, 0) is 26.3 Å². The summed E-state index contributed by atoms with van der Waals surface area (Å²) in [5, 5.41) is 10.4. The van der Waals surface area contributed by atoms with Crippen LogP contribution in [0.2, 0.25) is 0 Å². The highest BCUT2D eigenvalue weighted by atomic mass is 32.2. The van der Waals surface area contributed by atoms with Crippen molar-refractivity contribution in [3.63, 3.8) is 0 Å². The Kier molecular flexibility index (Phi) is 6.57. The average Bonchev–Trinajstić information content (AvgIpc) is 3.02. The normalized spacial score (nSPS) is 20.1. The van der Waals surface area contributed by atoms with Crippen LogP contribution in [0.5, 0.6) is 0 Å². The number of ether oxygens (including phenoxy) is 1. The highest BCUT2D eigenvalue weighted by Gasteiger charge is 2.26. The Hall–Kier alpha value is -1.83. The van der Waals surface area contributed by atoms with Gasteiger partial charge in [-0.3, -0.25) is 4.79 Å². The second-order valence-corrected chi connectivity index (χ2v) is 8.05. The van der Waals surface area contributed by atoms with Crippen LogP contribution in [0, 0.1) is 6.92 Å². The molecule has 2 heterocycles. The SMILES string of the molecule is Cc1ccc(Cn2c(CO)cnc2SCC(=O)N2C[C@@H](C)O[C@@H](C)C2)cc1. The Balaban J connectivity index is 1.67. The molecular formula is C20H27N3O3S. The van der Waals surface area contributed by atoms with Gasteiger partial charge in [0, 0.05) is 19.6 Å². The fourth-order valence-electron chi connectivity index (χ4n) is 3.28. The summed E-state index contributed by atoms with van der Waals surface area (Å²) >= 11 is 1.42. The Morgan fingerprint density at radius 1 is 1.26 bits per heavy atom. The van der Waals surface area contributed by atoms with Crippen molar-refractivity contribution in [1.29, 1.82) is 0 Å². The standard InChI is InChI=1S/C20H27N3O3S/c1-14-4-6-17(7-5-14)11-23-18(12-24)8-21-20(23)27-13-19(25)22-9-15(2)26-16(3)10-22/h4-8,15-16,24H,9-13H2,1-3H3/t15-,16+. The maximum absolute atomic E-state index is 12.6. The number of aromatic nitrogens is 2. The molecule has 1 fully saturated rings. The van der Waals surface area contributed by atoms with Gasteiger partial charge in [0.05, 0.1) is 36.5 Å². The summed E-state index contributed by atoms with van der Waals surface area (Å²) in [6.45, 7) is 7.84. The lowest BCUT2D eigenvalue weighted by Gasteiger charge is -2.35. The van der Waals surface area contributed by atoms with Crippen molar-refractivity contribution in [2.45, 2.75) is 51.3 Å². The molecular weight excluding hydrogens is 362 g/mol. The zero-order chi connectivity index (χ0) is 19.4. The Morgan fingerprint density at radius 2 is 1.93 bits per heavy atom. The van der Waals surface area contributed by atoms with Gasteiger partial charge in [0.15, 0.2) is 5.16 Å². The van der Waals surface area contributed by atoms with E-state index in [0.29, 0.717) is 25.4 Å². The van der Waals surface area contributed by atoms with E-state index in [1.807, 2.05) is 23.3 Å². The van der Waals surface area contributed by atoms with Crippen LogP contribution in [0.25, 0.3) is 0 Å². The highest BCUT2D eigenvalue weighted by molar-refractivity contribution is 7.99. The lowest BCUT2D eigenvalue weighted by molar-refractivity contribution is -0.140. The average molecular weight is 390 g/mol. The molecule has 0 spiro atoms. The van der Waals surface area contributed by atoms with Gasteiger partial charge in [-0.15, -0.1) is 0 Å². The van der Waals surface area contributed by atoms with Crippen molar-refractivity contribution < 1.29 is 14.6 Å². The van der Waals surface area contributed by atoms with E-state index in [0.717, 1.165) is 16.4 Å². The monoisotopic (exact) mass is 389 g/mol. The van der Waals surface area contributed by atoms with E-state index in [2.05, 4.69) is 36.2 Å². The molecule has 0 saturated carbocycles. The van der Waals surface area contributed by atoms with Gasteiger partial charge in [-0.1, -0.05) is 41.6 Å². The quantitative estimate of drug-likeness (QED) is 0.769. The van der Waals surface area contributed by atoms with E-state index >= 15 is 0 Å². The first-order valence-corrected chi connectivity index (χ1v) is 10.2. The zero-order valence-electron chi connectivity index (χ0n) is 16.1. The molecule has 1 aromatic heterocycles. The van der Waals surface area contributed by atoms with Crippen LogP contribution in [-0.2, 0) is 22.7 Å². The van der Waals surface area contributed by atoms with Crippen LogP contribution < -0.4 is 0 Å². The van der Waals surface area contributed by atoms with Gasteiger partial charge in [0.25, 0.3) is 0 Å². The second kappa shape index (κ2) is 8.91. The van der Waals surface area contributed by atoms with Gasteiger partial charge in [-0.2, -0.15) is 0 Å². The van der Waals surface area contributed by atoms with E-state index in [4.69, 9.17) is 4.74 Å². The lowest BCUT2D eigenvalue weighted by atomic mass is 10.1. The second-order valence-electron chi connectivity index (χ2n) is 7.11. The maximum atomic E-state index is 12.6. The third-order valence-corrected chi connectivity index (χ3v) is 5.60. The molecule has 1 aliphatic rings. The van der Waals surface area contributed by atoms with Crippen molar-refractivity contribution >= 4 is 17.7 Å². The molecule has 7 heteroatoms. The third kappa shape index (κ3) is 5.12. The molecule has 1 amide bonds. The zero-order valence-corrected chi connectivity index (χ0v) is 16.9. The van der Waals surface area contributed by atoms with E-state index in [9.17, 15) is 9.90 Å². The van der Waals surface area contributed by atoms with Crippen LogP contribution in [0.4, 0.5) is 0 Å². The smallest absolute Gasteiger partial charge is 0.233 e. The van der Waals surface area contributed by atoms with Crippen molar-refractivity contribution in [3.8, 4) is 0 Å². The molecule has 0 bridgehead atoms. The lowest BCUT2D eigenvalue weighted by Crippen LogP contribution is -2.48. The number of morpholine rings is 1. The highest BCUT2D eigenvalue weighted by Crippen LogP contribution is 2.22. The Bertz CT molecular complexity index is 765. The number of hydrogen-bond acceptors (Lipinski definition) is 5. The number of aliphatic hydroxyl groups is 1. The summed E-state index contributed by atoms with van der Waals surface area (Å²) in [5.74, 6) is 0.423. The summed E-state index contributed by atoms with van der Waals surface area (Å²) in [6, 6.07) is 8.29. The van der Waals surface area contributed by atoms with Crippen molar-refractivity contribution in [1.82, 2.24) is 14.5 Å². The molecule has 1 N–H and O–H groups in total. The van der Waals surface area contributed by atoms with E-state index in [1.54, 1.807) is 6.20 Å². The number of hydrogen-bond donors (Lipinski definition) is 1. The number of amides is 1. The van der Waals surface area contributed by atoms with Crippen LogP contribution in [0.1, 0.15) is 30.7 Å². The number of benzene rings is 1. The van der Waals surface area contributed by atoms with Gasteiger partial charge in [-0.25, -0.2) is 4.98 Å². The molecule has 27 heavy (non-hydrogen) atoms. The molecule has 2 aromatic rings. The number of carbonyl (C=O) groups excluding carboxylic acids is 1. The molecule has 3 rings (SSSR count). The number of carbonyl (C=O) groups is 1. The molecule has 1 aliphatic heterocycles. The molecule has 146 valence electrons. The molecule has 0 unspecified atom stereocenters. The maximum Gasteiger partial charge on any atom is 0.233 e. The topological polar surface area (TPSA) is 67.6 Å². The molecule has 0 radical (unpaired) electrons. The number of imidazole rings is 1. The van der Waals surface area contributed by atoms with Gasteiger partial charge >= 0.3 is 0 Å². The Morgan fingerprint density at radius 3 is 2.56 bits per heavy atom. The van der Waals surface area contributed by atoms with Crippen molar-refractivity contribution in [2.24, 2.45) is 0 Å². The number of nitrogens with zero attached hydrogens (tertiary/aromatic N) is 3. The summed E-state index contributed by atoms with van der Waals surface area (Å²) in [5.41, 5.74) is 3.09. The predicted octanol–water partition coefficient (Wildman–Crippen LogP) is 2.46. The summed E-state index contributed by atoms with van der Waals surface area (Å²) in [6.07, 6.45) is 1.80.